The third-order valence-electron chi connectivity index (χ3n) is 12.5. The smallest absolute Gasteiger partial charge is 0.303 e. The maximum atomic E-state index is 13.1. The first-order valence-corrected chi connectivity index (χ1v) is 23.9. The summed E-state index contributed by atoms with van der Waals surface area (Å²) in [6.45, 7) is 9.28. The molecule has 0 aliphatic heterocycles. The van der Waals surface area contributed by atoms with Gasteiger partial charge in [-0.25, -0.2) is 0 Å². The number of hydrogen-bond donors (Lipinski definition) is 4. The molecular weight excluding hydrogens is 885 g/mol. The van der Waals surface area contributed by atoms with Crippen LogP contribution in [0.1, 0.15) is 105 Å². The van der Waals surface area contributed by atoms with Gasteiger partial charge in [-0.1, -0.05) is 98.1 Å². The molecule has 0 bridgehead atoms. The van der Waals surface area contributed by atoms with E-state index < -0.39 is 11.9 Å². The fourth-order valence-electron chi connectivity index (χ4n) is 7.86. The lowest BCUT2D eigenvalue weighted by atomic mass is 9.81. The molecule has 0 radical (unpaired) electrons. The molecule has 6 aromatic carbocycles. The average molecular weight is 949 g/mol. The fourth-order valence-corrected chi connectivity index (χ4v) is 7.86. The third-order valence-corrected chi connectivity index (χ3v) is 12.5. The second kappa shape index (κ2) is 26.2. The van der Waals surface area contributed by atoms with Crippen LogP contribution in [0.25, 0.3) is 0 Å². The molecule has 1 saturated carbocycles. The van der Waals surface area contributed by atoms with Crippen LogP contribution >= 0.6 is 0 Å². The van der Waals surface area contributed by atoms with Crippen molar-refractivity contribution in [2.45, 2.75) is 92.1 Å². The zero-order valence-electron chi connectivity index (χ0n) is 40.6. The van der Waals surface area contributed by atoms with Crippen molar-refractivity contribution in [2.75, 3.05) is 30.5 Å². The molecule has 0 saturated heterocycles. The number of carboxylic acids is 2. The zero-order chi connectivity index (χ0) is 49.8. The van der Waals surface area contributed by atoms with Gasteiger partial charge in [-0.05, 0) is 140 Å². The lowest BCUT2D eigenvalue weighted by molar-refractivity contribution is -0.138. The number of carboxylic acid groups (broad SMARTS) is 2. The van der Waals surface area contributed by atoms with Crippen LogP contribution in [-0.4, -0.2) is 53.8 Å². The number of carbonyl (C=O) groups is 4. The normalized spacial score (nSPS) is 11.8. The minimum Gasteiger partial charge on any atom is -0.493 e. The van der Waals surface area contributed by atoms with Gasteiger partial charge in [0.1, 0.15) is 29.6 Å². The topological polar surface area (TPSA) is 170 Å². The second-order valence-corrected chi connectivity index (χ2v) is 17.5. The fraction of sp³-hybridized carbons (Fsp3) is 0.310. The molecule has 12 nitrogen and oxygen atoms in total. The van der Waals surface area contributed by atoms with Gasteiger partial charge in [0.2, 0.25) is 0 Å². The van der Waals surface area contributed by atoms with Gasteiger partial charge >= 0.3 is 11.9 Å². The van der Waals surface area contributed by atoms with E-state index in [9.17, 15) is 19.2 Å². The van der Waals surface area contributed by atoms with Gasteiger partial charge in [0, 0.05) is 30.4 Å². The van der Waals surface area contributed by atoms with Gasteiger partial charge in [-0.3, -0.25) is 19.2 Å². The molecule has 2 amide bonds. The summed E-state index contributed by atoms with van der Waals surface area (Å²) in [5.41, 5.74) is 9.48. The van der Waals surface area contributed by atoms with E-state index in [2.05, 4.69) is 47.0 Å². The Hall–Kier alpha value is -7.60. The molecule has 12 heteroatoms. The van der Waals surface area contributed by atoms with Crippen molar-refractivity contribution >= 4 is 35.1 Å². The summed E-state index contributed by atoms with van der Waals surface area (Å²) < 4.78 is 23.5. The molecule has 70 heavy (non-hydrogen) atoms. The van der Waals surface area contributed by atoms with E-state index in [4.69, 9.17) is 29.2 Å². The van der Waals surface area contributed by atoms with E-state index in [1.54, 1.807) is 42.5 Å². The van der Waals surface area contributed by atoms with Crippen LogP contribution in [-0.2, 0) is 29.0 Å². The molecule has 4 N–H and O–H groups in total. The first kappa shape index (κ1) is 51.8. The largest absolute Gasteiger partial charge is 0.493 e. The number of anilines is 2. The standard InChI is InChI=1S/C31H35NO5.C27H29NO5/c1-21-22(2)28(37-20-25-14-12-24(13-15-25)19-23-7-5-8-23)17-16-26(21)31(35)32-27-9-3-4-10-29(27)36-18-6-11-30(33)34;1-19-20(2)24(33-18-16-21-9-4-3-5-10-21)15-14-22(19)27(31)28-23-11-6-7-12-25(23)32-17-8-13-26(29)30/h3-4,9-10,12-17,23H,5-8,11,18-20H2,1-2H3,(H,32,35)(H,33,34);3-7,9-12,14-15H,8,13,16-18H2,1-2H3,(H,28,31)(H,29,30). The van der Waals surface area contributed by atoms with Crippen molar-refractivity contribution in [3.8, 4) is 23.0 Å². The van der Waals surface area contributed by atoms with Crippen molar-refractivity contribution in [2.24, 2.45) is 5.92 Å². The van der Waals surface area contributed by atoms with Gasteiger partial charge in [0.25, 0.3) is 11.8 Å². The third kappa shape index (κ3) is 15.5. The van der Waals surface area contributed by atoms with Crippen molar-refractivity contribution in [3.63, 3.8) is 0 Å². The van der Waals surface area contributed by atoms with Crippen LogP contribution in [0.3, 0.4) is 0 Å². The summed E-state index contributed by atoms with van der Waals surface area (Å²) in [6.07, 6.45) is 6.91. The Morgan fingerprint density at radius 1 is 0.486 bits per heavy atom. The summed E-state index contributed by atoms with van der Waals surface area (Å²) in [6, 6.07) is 40.3. The molecule has 0 spiro atoms. The first-order chi connectivity index (χ1) is 33.9. The molecule has 7 rings (SSSR count). The Balaban J connectivity index is 0.000000231. The molecule has 0 heterocycles. The maximum Gasteiger partial charge on any atom is 0.303 e. The molecule has 1 aliphatic carbocycles. The SMILES string of the molecule is Cc1c(OCCc2ccccc2)ccc(C(=O)Nc2ccccc2OCCCC(=O)O)c1C.Cc1c(OCc2ccc(CC3CCC3)cc2)ccc(C(=O)Nc2ccccc2OCCCC(=O)O)c1C. The lowest BCUT2D eigenvalue weighted by Gasteiger charge is -2.25. The highest BCUT2D eigenvalue weighted by Crippen LogP contribution is 2.32. The second-order valence-electron chi connectivity index (χ2n) is 17.5. The monoisotopic (exact) mass is 948 g/mol. The van der Waals surface area contributed by atoms with Crippen LogP contribution in [0.5, 0.6) is 23.0 Å². The first-order valence-electron chi connectivity index (χ1n) is 23.9. The van der Waals surface area contributed by atoms with Crippen LogP contribution in [0.4, 0.5) is 11.4 Å². The quantitative estimate of drug-likeness (QED) is 0.0453. The minimum atomic E-state index is -0.862. The number of carbonyl (C=O) groups excluding carboxylic acids is 2. The number of aliphatic carboxylic acids is 2. The molecule has 1 aliphatic rings. The summed E-state index contributed by atoms with van der Waals surface area (Å²) in [5, 5.41) is 23.4. The van der Waals surface area contributed by atoms with Gasteiger partial charge in [0.15, 0.2) is 0 Å². The highest BCUT2D eigenvalue weighted by atomic mass is 16.5. The van der Waals surface area contributed by atoms with Crippen molar-refractivity contribution in [1.82, 2.24) is 0 Å². The van der Waals surface area contributed by atoms with E-state index in [1.165, 1.54) is 36.8 Å². The molecule has 6 aromatic rings. The molecule has 0 aromatic heterocycles. The summed E-state index contributed by atoms with van der Waals surface area (Å²) in [5.74, 6) is 1.19. The van der Waals surface area contributed by atoms with Crippen LogP contribution in [0.2, 0.25) is 0 Å². The van der Waals surface area contributed by atoms with Crippen LogP contribution < -0.4 is 29.6 Å². The van der Waals surface area contributed by atoms with E-state index in [1.807, 2.05) is 76.2 Å². The number of ether oxygens (including phenoxy) is 4. The predicted octanol–water partition coefficient (Wildman–Crippen LogP) is 12.1. The van der Waals surface area contributed by atoms with Gasteiger partial charge in [-0.15, -0.1) is 0 Å². The maximum absolute atomic E-state index is 13.1. The molecular formula is C58H64N2O10. The highest BCUT2D eigenvalue weighted by Gasteiger charge is 2.19. The van der Waals surface area contributed by atoms with Gasteiger partial charge in [0.05, 0.1) is 31.2 Å². The molecule has 0 unspecified atom stereocenters. The van der Waals surface area contributed by atoms with Crippen molar-refractivity contribution in [3.05, 3.63) is 177 Å². The Labute approximate surface area is 411 Å². The van der Waals surface area contributed by atoms with Crippen LogP contribution in [0, 0.1) is 33.6 Å². The number of nitrogens with one attached hydrogen (secondary N) is 2. The van der Waals surface area contributed by atoms with E-state index in [-0.39, 0.29) is 37.9 Å². The Kier molecular flexibility index (Phi) is 19.4. The molecule has 1 fully saturated rings. The van der Waals surface area contributed by atoms with Gasteiger partial charge in [-0.2, -0.15) is 0 Å². The summed E-state index contributed by atoms with van der Waals surface area (Å²) in [7, 11) is 0. The number of rotatable bonds is 23. The number of hydrogen-bond acceptors (Lipinski definition) is 8. The van der Waals surface area contributed by atoms with E-state index in [0.29, 0.717) is 60.1 Å². The lowest BCUT2D eigenvalue weighted by Crippen LogP contribution is -2.15. The summed E-state index contributed by atoms with van der Waals surface area (Å²) in [4.78, 5) is 47.5. The van der Waals surface area contributed by atoms with Crippen molar-refractivity contribution < 1.29 is 48.3 Å². The van der Waals surface area contributed by atoms with E-state index in [0.717, 1.165) is 51.7 Å². The van der Waals surface area contributed by atoms with Crippen molar-refractivity contribution in [1.29, 1.82) is 0 Å². The Bertz CT molecular complexity index is 2700. The minimum absolute atomic E-state index is 0.0345. The molecule has 366 valence electrons. The average Bonchev–Trinajstić information content (AvgIpc) is 3.34. The summed E-state index contributed by atoms with van der Waals surface area (Å²) >= 11 is 0. The number of amides is 2. The zero-order valence-corrected chi connectivity index (χ0v) is 40.6. The Morgan fingerprint density at radius 3 is 1.43 bits per heavy atom. The van der Waals surface area contributed by atoms with E-state index >= 15 is 0 Å². The predicted molar refractivity (Wildman–Crippen MR) is 273 cm³/mol. The molecule has 0 atom stereocenters. The Morgan fingerprint density at radius 2 is 0.943 bits per heavy atom. The highest BCUT2D eigenvalue weighted by molar-refractivity contribution is 6.07. The van der Waals surface area contributed by atoms with Crippen LogP contribution in [0.15, 0.2) is 127 Å². The number of benzene rings is 6. The number of para-hydroxylation sites is 4. The van der Waals surface area contributed by atoms with Gasteiger partial charge < -0.3 is 39.8 Å².